The highest BCUT2D eigenvalue weighted by molar-refractivity contribution is 5.73. The number of likely N-dealkylation sites (tertiary alicyclic amines) is 1. The Morgan fingerprint density at radius 1 is 1.30 bits per heavy atom. The first kappa shape index (κ1) is 15.6. The zero-order valence-electron chi connectivity index (χ0n) is 13.9. The van der Waals surface area contributed by atoms with Gasteiger partial charge in [-0.2, -0.15) is 5.10 Å². The first-order valence-electron chi connectivity index (χ1n) is 8.17. The third kappa shape index (κ3) is 3.25. The second-order valence-corrected chi connectivity index (χ2v) is 6.40. The summed E-state index contributed by atoms with van der Waals surface area (Å²) >= 11 is 0. The quantitative estimate of drug-likeness (QED) is 0.874. The van der Waals surface area contributed by atoms with Gasteiger partial charge in [0.1, 0.15) is 0 Å². The Kier molecular flexibility index (Phi) is 4.41. The summed E-state index contributed by atoms with van der Waals surface area (Å²) < 4.78 is 1.93. The fourth-order valence-corrected chi connectivity index (χ4v) is 3.10. The van der Waals surface area contributed by atoms with Crippen LogP contribution in [0.2, 0.25) is 0 Å². The van der Waals surface area contributed by atoms with Crippen LogP contribution in [0, 0.1) is 0 Å². The van der Waals surface area contributed by atoms with Crippen molar-refractivity contribution < 1.29 is 4.79 Å². The van der Waals surface area contributed by atoms with Crippen molar-refractivity contribution in [1.82, 2.24) is 24.6 Å². The maximum Gasteiger partial charge on any atom is 0.219 e. The number of rotatable bonds is 3. The fourth-order valence-electron chi connectivity index (χ4n) is 3.10. The lowest BCUT2D eigenvalue weighted by molar-refractivity contribution is -0.130. The van der Waals surface area contributed by atoms with Gasteiger partial charge in [0, 0.05) is 56.1 Å². The Bertz CT molecular complexity index is 694. The van der Waals surface area contributed by atoms with Gasteiger partial charge in [-0.25, -0.2) is 0 Å². The van der Waals surface area contributed by atoms with Gasteiger partial charge in [0.25, 0.3) is 0 Å². The van der Waals surface area contributed by atoms with Crippen molar-refractivity contribution >= 4 is 5.91 Å². The standard InChI is InChI=1S/C17H23N5O/c1-12(2)22-11-15(9-20-22)17-16(18-6-7-19-17)14-5-4-8-21(10-14)13(3)23/h6-7,9,11-12,14H,4-5,8,10H2,1-3H3/t14-/m0/s1. The molecule has 0 spiro atoms. The van der Waals surface area contributed by atoms with Gasteiger partial charge in [-0.1, -0.05) is 0 Å². The Hall–Kier alpha value is -2.24. The van der Waals surface area contributed by atoms with Crippen LogP contribution in [0.25, 0.3) is 11.3 Å². The molecule has 0 radical (unpaired) electrons. The molecule has 0 bridgehead atoms. The molecule has 1 aliphatic heterocycles. The van der Waals surface area contributed by atoms with Gasteiger partial charge in [0.15, 0.2) is 0 Å². The minimum atomic E-state index is 0.132. The average Bonchev–Trinajstić information content (AvgIpc) is 3.05. The van der Waals surface area contributed by atoms with Crippen LogP contribution in [-0.4, -0.2) is 43.6 Å². The van der Waals surface area contributed by atoms with E-state index in [1.54, 1.807) is 19.3 Å². The molecule has 6 heteroatoms. The number of nitrogens with zero attached hydrogens (tertiary/aromatic N) is 5. The van der Waals surface area contributed by atoms with E-state index in [1.807, 2.05) is 22.0 Å². The van der Waals surface area contributed by atoms with Crippen LogP contribution in [0.4, 0.5) is 0 Å². The smallest absolute Gasteiger partial charge is 0.219 e. The Balaban J connectivity index is 1.92. The maximum absolute atomic E-state index is 11.7. The first-order chi connectivity index (χ1) is 11.1. The predicted molar refractivity (Wildman–Crippen MR) is 87.9 cm³/mol. The molecular formula is C17H23N5O. The average molecular weight is 313 g/mol. The summed E-state index contributed by atoms with van der Waals surface area (Å²) in [6, 6.07) is 0.312. The molecule has 2 aromatic heterocycles. The second kappa shape index (κ2) is 6.48. The van der Waals surface area contributed by atoms with Crippen LogP contribution < -0.4 is 0 Å². The minimum Gasteiger partial charge on any atom is -0.342 e. The zero-order chi connectivity index (χ0) is 16.4. The molecule has 6 nitrogen and oxygen atoms in total. The lowest BCUT2D eigenvalue weighted by Crippen LogP contribution is -2.38. The number of aromatic nitrogens is 4. The van der Waals surface area contributed by atoms with Gasteiger partial charge < -0.3 is 4.90 Å². The third-order valence-electron chi connectivity index (χ3n) is 4.38. The van der Waals surface area contributed by atoms with Crippen molar-refractivity contribution in [1.29, 1.82) is 0 Å². The summed E-state index contributed by atoms with van der Waals surface area (Å²) in [5, 5.41) is 4.41. The molecule has 0 aliphatic carbocycles. The molecule has 23 heavy (non-hydrogen) atoms. The first-order valence-corrected chi connectivity index (χ1v) is 8.17. The summed E-state index contributed by atoms with van der Waals surface area (Å²) in [6.07, 6.45) is 9.36. The van der Waals surface area contributed by atoms with E-state index in [4.69, 9.17) is 0 Å². The van der Waals surface area contributed by atoms with E-state index < -0.39 is 0 Å². The monoisotopic (exact) mass is 313 g/mol. The van der Waals surface area contributed by atoms with Crippen LogP contribution in [0.3, 0.4) is 0 Å². The zero-order valence-corrected chi connectivity index (χ0v) is 13.9. The van der Waals surface area contributed by atoms with Crippen LogP contribution in [0.15, 0.2) is 24.8 Å². The lowest BCUT2D eigenvalue weighted by atomic mass is 9.92. The molecule has 3 heterocycles. The summed E-state index contributed by atoms with van der Waals surface area (Å²) in [7, 11) is 0. The van der Waals surface area contributed by atoms with Crippen molar-refractivity contribution in [3.05, 3.63) is 30.5 Å². The van der Waals surface area contributed by atoms with E-state index in [1.165, 1.54) is 0 Å². The van der Waals surface area contributed by atoms with Gasteiger partial charge in [-0.3, -0.25) is 19.4 Å². The highest BCUT2D eigenvalue weighted by Crippen LogP contribution is 2.31. The van der Waals surface area contributed by atoms with E-state index in [9.17, 15) is 4.79 Å². The minimum absolute atomic E-state index is 0.132. The maximum atomic E-state index is 11.7. The van der Waals surface area contributed by atoms with Gasteiger partial charge in [-0.15, -0.1) is 0 Å². The fraction of sp³-hybridized carbons (Fsp3) is 0.529. The topological polar surface area (TPSA) is 63.9 Å². The van der Waals surface area contributed by atoms with E-state index in [0.717, 1.165) is 42.9 Å². The Morgan fingerprint density at radius 2 is 2.09 bits per heavy atom. The van der Waals surface area contributed by atoms with Crippen LogP contribution in [0.5, 0.6) is 0 Å². The molecule has 1 saturated heterocycles. The largest absolute Gasteiger partial charge is 0.342 e. The number of hydrogen-bond donors (Lipinski definition) is 0. The summed E-state index contributed by atoms with van der Waals surface area (Å²) in [5.41, 5.74) is 2.85. The molecule has 1 fully saturated rings. The van der Waals surface area contributed by atoms with Crippen molar-refractivity contribution in [2.45, 2.75) is 45.6 Å². The number of piperidine rings is 1. The van der Waals surface area contributed by atoms with E-state index in [-0.39, 0.29) is 11.8 Å². The van der Waals surface area contributed by atoms with Gasteiger partial charge >= 0.3 is 0 Å². The van der Waals surface area contributed by atoms with Crippen LogP contribution >= 0.6 is 0 Å². The van der Waals surface area contributed by atoms with E-state index in [2.05, 4.69) is 28.9 Å². The molecule has 3 rings (SSSR count). The third-order valence-corrected chi connectivity index (χ3v) is 4.38. The highest BCUT2D eigenvalue weighted by Gasteiger charge is 2.26. The summed E-state index contributed by atoms with van der Waals surface area (Å²) in [4.78, 5) is 22.7. The lowest BCUT2D eigenvalue weighted by Gasteiger charge is -2.32. The Morgan fingerprint density at radius 3 is 2.78 bits per heavy atom. The van der Waals surface area contributed by atoms with Crippen molar-refractivity contribution in [2.75, 3.05) is 13.1 Å². The predicted octanol–water partition coefficient (Wildman–Crippen LogP) is 2.65. The molecule has 0 unspecified atom stereocenters. The van der Waals surface area contributed by atoms with E-state index in [0.29, 0.717) is 6.04 Å². The van der Waals surface area contributed by atoms with Crippen molar-refractivity contribution in [2.24, 2.45) is 0 Å². The summed E-state index contributed by atoms with van der Waals surface area (Å²) in [6.45, 7) is 7.39. The second-order valence-electron chi connectivity index (χ2n) is 6.40. The number of carbonyl (C=O) groups is 1. The van der Waals surface area contributed by atoms with E-state index >= 15 is 0 Å². The molecule has 2 aromatic rings. The number of amides is 1. The SMILES string of the molecule is CC(=O)N1CCC[C@H](c2nccnc2-c2cnn(C(C)C)c2)C1. The molecule has 1 amide bonds. The molecule has 122 valence electrons. The molecule has 0 N–H and O–H groups in total. The normalized spacial score (nSPS) is 18.4. The summed E-state index contributed by atoms with van der Waals surface area (Å²) in [5.74, 6) is 0.367. The molecule has 0 saturated carbocycles. The molecule has 1 aliphatic rings. The van der Waals surface area contributed by atoms with Crippen LogP contribution in [-0.2, 0) is 4.79 Å². The Labute approximate surface area is 136 Å². The van der Waals surface area contributed by atoms with Crippen molar-refractivity contribution in [3.8, 4) is 11.3 Å². The highest BCUT2D eigenvalue weighted by atomic mass is 16.2. The van der Waals surface area contributed by atoms with Crippen molar-refractivity contribution in [3.63, 3.8) is 0 Å². The molecular weight excluding hydrogens is 290 g/mol. The number of carbonyl (C=O) groups excluding carboxylic acids is 1. The van der Waals surface area contributed by atoms with Crippen LogP contribution in [0.1, 0.15) is 51.3 Å². The van der Waals surface area contributed by atoms with Gasteiger partial charge in [-0.05, 0) is 26.7 Å². The number of hydrogen-bond acceptors (Lipinski definition) is 4. The molecule has 1 atom stereocenters. The van der Waals surface area contributed by atoms with Gasteiger partial charge in [0.05, 0.1) is 17.6 Å². The molecule has 0 aromatic carbocycles. The van der Waals surface area contributed by atoms with Gasteiger partial charge in [0.2, 0.25) is 5.91 Å².